The predicted molar refractivity (Wildman–Crippen MR) is 65.2 cm³/mol. The quantitative estimate of drug-likeness (QED) is 0.939. The highest BCUT2D eigenvalue weighted by Gasteiger charge is 2.33. The molecule has 1 aromatic carbocycles. The van der Waals surface area contributed by atoms with E-state index in [1.165, 1.54) is 36.2 Å². The van der Waals surface area contributed by atoms with Gasteiger partial charge in [0.15, 0.2) is 0 Å². The van der Waals surface area contributed by atoms with Crippen LogP contribution in [0.25, 0.3) is 0 Å². The summed E-state index contributed by atoms with van der Waals surface area (Å²) in [4.78, 5) is 0. The summed E-state index contributed by atoms with van der Waals surface area (Å²) in [5.74, 6) is 0.254. The zero-order chi connectivity index (χ0) is 14.8. The third-order valence-electron chi connectivity index (χ3n) is 2.87. The van der Waals surface area contributed by atoms with Crippen molar-refractivity contribution in [3.63, 3.8) is 0 Å². The van der Waals surface area contributed by atoms with E-state index in [0.717, 1.165) is 6.07 Å². The highest BCUT2D eigenvalue weighted by molar-refractivity contribution is 5.31. The zero-order valence-corrected chi connectivity index (χ0v) is 10.7. The highest BCUT2D eigenvalue weighted by atomic mass is 19.4. The van der Waals surface area contributed by atoms with Gasteiger partial charge >= 0.3 is 6.18 Å². The molecule has 1 heterocycles. The number of aliphatic hydroxyl groups excluding tert-OH is 1. The number of rotatable bonds is 4. The minimum atomic E-state index is -4.42. The monoisotopic (exact) mass is 286 g/mol. The first kappa shape index (κ1) is 14.4. The number of hydrogen-bond acceptors (Lipinski definition) is 3. The first-order valence-electron chi connectivity index (χ1n) is 5.82. The Labute approximate surface area is 113 Å². The summed E-state index contributed by atoms with van der Waals surface area (Å²) in [6.07, 6.45) is -3.05. The number of ether oxygens (including phenoxy) is 1. The molecule has 0 aliphatic carbocycles. The number of nitrogens with zero attached hydrogens (tertiary/aromatic N) is 2. The lowest BCUT2D eigenvalue weighted by Crippen LogP contribution is -2.13. The van der Waals surface area contributed by atoms with Gasteiger partial charge in [0.05, 0.1) is 37.6 Å². The Bertz CT molecular complexity index is 594. The van der Waals surface area contributed by atoms with Crippen molar-refractivity contribution in [2.24, 2.45) is 0 Å². The van der Waals surface area contributed by atoms with Crippen LogP contribution in [-0.2, 0) is 19.3 Å². The Morgan fingerprint density at radius 2 is 1.95 bits per heavy atom. The number of aromatic nitrogens is 2. The summed E-state index contributed by atoms with van der Waals surface area (Å²) >= 11 is 0. The molecular weight excluding hydrogens is 273 g/mol. The molecule has 4 nitrogen and oxygen atoms in total. The molecule has 1 aromatic heterocycles. The van der Waals surface area contributed by atoms with Crippen LogP contribution < -0.4 is 4.74 Å². The molecule has 0 radical (unpaired) electrons. The minimum absolute atomic E-state index is 0.0845. The van der Waals surface area contributed by atoms with E-state index in [2.05, 4.69) is 5.10 Å². The van der Waals surface area contributed by atoms with Crippen LogP contribution in [-0.4, -0.2) is 22.0 Å². The summed E-state index contributed by atoms with van der Waals surface area (Å²) in [6.45, 7) is -0.372. The van der Waals surface area contributed by atoms with E-state index < -0.39 is 11.7 Å². The number of benzene rings is 1. The number of aliphatic hydroxyl groups is 1. The Hall–Kier alpha value is -2.02. The van der Waals surface area contributed by atoms with Gasteiger partial charge in [-0.05, 0) is 11.6 Å². The maximum absolute atomic E-state index is 12.9. The molecule has 0 unspecified atom stereocenters. The van der Waals surface area contributed by atoms with Gasteiger partial charge in [-0.3, -0.25) is 0 Å². The van der Waals surface area contributed by atoms with Gasteiger partial charge in [-0.15, -0.1) is 0 Å². The number of alkyl halides is 3. The molecule has 0 aliphatic rings. The van der Waals surface area contributed by atoms with Gasteiger partial charge in [0.1, 0.15) is 0 Å². The number of halogens is 3. The van der Waals surface area contributed by atoms with Crippen molar-refractivity contribution in [3.8, 4) is 5.88 Å². The molecule has 0 bridgehead atoms. The van der Waals surface area contributed by atoms with Crippen molar-refractivity contribution in [1.82, 2.24) is 9.78 Å². The summed E-state index contributed by atoms with van der Waals surface area (Å²) in [6, 6.07) is 5.29. The molecule has 0 aliphatic heterocycles. The van der Waals surface area contributed by atoms with Gasteiger partial charge in [-0.2, -0.15) is 18.3 Å². The van der Waals surface area contributed by atoms with Gasteiger partial charge in [0, 0.05) is 0 Å². The Balaban J connectivity index is 2.38. The van der Waals surface area contributed by atoms with Crippen molar-refractivity contribution in [2.75, 3.05) is 7.11 Å². The van der Waals surface area contributed by atoms with Gasteiger partial charge in [0.2, 0.25) is 5.88 Å². The first-order chi connectivity index (χ1) is 9.47. The lowest BCUT2D eigenvalue weighted by Gasteiger charge is -2.14. The van der Waals surface area contributed by atoms with E-state index in [1.807, 2.05) is 0 Å². The van der Waals surface area contributed by atoms with Gasteiger partial charge in [-0.1, -0.05) is 18.2 Å². The lowest BCUT2D eigenvalue weighted by atomic mass is 10.1. The lowest BCUT2D eigenvalue weighted by molar-refractivity contribution is -0.138. The standard InChI is InChI=1S/C13H13F3N2O2/c1-20-12-10(8-19)6-17-18(12)7-9-4-2-3-5-11(9)13(14,15)16/h2-6,19H,7-8H2,1H3. The topological polar surface area (TPSA) is 47.3 Å². The SMILES string of the molecule is COc1c(CO)cnn1Cc1ccccc1C(F)(F)F. The van der Waals surface area contributed by atoms with Crippen LogP contribution in [0.5, 0.6) is 5.88 Å². The predicted octanol–water partition coefficient (Wildman–Crippen LogP) is 2.45. The molecule has 0 spiro atoms. The van der Waals surface area contributed by atoms with E-state index in [9.17, 15) is 13.2 Å². The normalized spacial score (nSPS) is 11.7. The Morgan fingerprint density at radius 3 is 2.55 bits per heavy atom. The van der Waals surface area contributed by atoms with Crippen molar-refractivity contribution < 1.29 is 23.0 Å². The second-order valence-electron chi connectivity index (χ2n) is 4.15. The van der Waals surface area contributed by atoms with Crippen LogP contribution >= 0.6 is 0 Å². The third kappa shape index (κ3) is 2.77. The van der Waals surface area contributed by atoms with Crippen LogP contribution in [0.2, 0.25) is 0 Å². The highest BCUT2D eigenvalue weighted by Crippen LogP contribution is 2.32. The molecule has 7 heteroatoms. The first-order valence-corrected chi connectivity index (χ1v) is 5.82. The van der Waals surface area contributed by atoms with Crippen LogP contribution in [0.3, 0.4) is 0 Å². The molecule has 0 amide bonds. The number of methoxy groups -OCH3 is 1. The average molecular weight is 286 g/mol. The van der Waals surface area contributed by atoms with E-state index >= 15 is 0 Å². The zero-order valence-electron chi connectivity index (χ0n) is 10.7. The molecule has 1 N–H and O–H groups in total. The van der Waals surface area contributed by atoms with Gasteiger partial charge < -0.3 is 9.84 Å². The van der Waals surface area contributed by atoms with Crippen LogP contribution in [0, 0.1) is 0 Å². The van der Waals surface area contributed by atoms with Crippen molar-refractivity contribution >= 4 is 0 Å². The van der Waals surface area contributed by atoms with E-state index in [-0.39, 0.29) is 24.6 Å². The molecule has 0 atom stereocenters. The minimum Gasteiger partial charge on any atom is -0.481 e. The molecule has 0 fully saturated rings. The van der Waals surface area contributed by atoms with Crippen LogP contribution in [0.15, 0.2) is 30.5 Å². The van der Waals surface area contributed by atoms with Crippen molar-refractivity contribution in [3.05, 3.63) is 47.2 Å². The second kappa shape index (κ2) is 5.54. The summed E-state index contributed by atoms with van der Waals surface area (Å²) in [5.41, 5.74) is -0.189. The second-order valence-corrected chi connectivity index (χ2v) is 4.15. The largest absolute Gasteiger partial charge is 0.481 e. The molecule has 2 rings (SSSR count). The number of hydrogen-bond donors (Lipinski definition) is 1. The Kier molecular flexibility index (Phi) is 3.99. The third-order valence-corrected chi connectivity index (χ3v) is 2.87. The van der Waals surface area contributed by atoms with Crippen LogP contribution in [0.1, 0.15) is 16.7 Å². The smallest absolute Gasteiger partial charge is 0.416 e. The fourth-order valence-electron chi connectivity index (χ4n) is 1.97. The summed E-state index contributed by atoms with van der Waals surface area (Å²) in [7, 11) is 1.38. The molecule has 20 heavy (non-hydrogen) atoms. The van der Waals surface area contributed by atoms with Gasteiger partial charge in [-0.25, -0.2) is 4.68 Å². The molecule has 0 saturated carbocycles. The molecular formula is C13H13F3N2O2. The molecule has 2 aromatic rings. The van der Waals surface area contributed by atoms with E-state index in [0.29, 0.717) is 5.56 Å². The van der Waals surface area contributed by atoms with Crippen molar-refractivity contribution in [1.29, 1.82) is 0 Å². The van der Waals surface area contributed by atoms with Crippen molar-refractivity contribution in [2.45, 2.75) is 19.3 Å². The maximum Gasteiger partial charge on any atom is 0.416 e. The molecule has 108 valence electrons. The van der Waals surface area contributed by atoms with E-state index in [4.69, 9.17) is 9.84 Å². The fraction of sp³-hybridized carbons (Fsp3) is 0.308. The van der Waals surface area contributed by atoms with Crippen LogP contribution in [0.4, 0.5) is 13.2 Å². The molecule has 0 saturated heterocycles. The maximum atomic E-state index is 12.9. The summed E-state index contributed by atoms with van der Waals surface area (Å²) in [5, 5.41) is 13.0. The average Bonchev–Trinajstić information content (AvgIpc) is 2.80. The van der Waals surface area contributed by atoms with E-state index in [1.54, 1.807) is 0 Å². The summed E-state index contributed by atoms with van der Waals surface area (Å²) < 4.78 is 45.1. The van der Waals surface area contributed by atoms with Gasteiger partial charge in [0.25, 0.3) is 0 Å². The Morgan fingerprint density at radius 1 is 1.25 bits per heavy atom. The fourth-order valence-corrected chi connectivity index (χ4v) is 1.97.